The van der Waals surface area contributed by atoms with E-state index in [1.54, 1.807) is 6.33 Å². The molecule has 2 N–H and O–H groups in total. The van der Waals surface area contributed by atoms with Gasteiger partial charge in [-0.25, -0.2) is 4.98 Å². The van der Waals surface area contributed by atoms with Crippen LogP contribution in [0.15, 0.2) is 36.8 Å². The maximum atomic E-state index is 12.4. The summed E-state index contributed by atoms with van der Waals surface area (Å²) in [5.41, 5.74) is 1.85. The van der Waals surface area contributed by atoms with Crippen LogP contribution in [0, 0.1) is 5.92 Å². The van der Waals surface area contributed by atoms with Crippen molar-refractivity contribution in [1.82, 2.24) is 14.9 Å². The molecule has 2 heterocycles. The molecule has 3 rings (SSSR count). The first-order valence-corrected chi connectivity index (χ1v) is 8.74. The van der Waals surface area contributed by atoms with Gasteiger partial charge in [-0.05, 0) is 38.0 Å². The van der Waals surface area contributed by atoms with E-state index in [0.717, 1.165) is 30.0 Å². The fraction of sp³-hybridized carbons (Fsp3) is 0.474. The van der Waals surface area contributed by atoms with Gasteiger partial charge in [0.2, 0.25) is 5.91 Å². The molecule has 2 unspecified atom stereocenters. The lowest BCUT2D eigenvalue weighted by Gasteiger charge is -2.23. The third kappa shape index (κ3) is 4.39. The number of aliphatic hydroxyl groups is 1. The molecule has 1 amide bonds. The van der Waals surface area contributed by atoms with Crippen molar-refractivity contribution in [1.29, 1.82) is 0 Å². The second-order valence-corrected chi connectivity index (χ2v) is 6.76. The lowest BCUT2D eigenvalue weighted by atomic mass is 9.95. The van der Waals surface area contributed by atoms with Gasteiger partial charge in [0.05, 0.1) is 18.5 Å². The van der Waals surface area contributed by atoms with E-state index in [2.05, 4.69) is 14.9 Å². The Kier molecular flexibility index (Phi) is 5.38. The van der Waals surface area contributed by atoms with Crippen LogP contribution in [0.2, 0.25) is 0 Å². The van der Waals surface area contributed by atoms with Gasteiger partial charge >= 0.3 is 0 Å². The fourth-order valence-corrected chi connectivity index (χ4v) is 3.09. The van der Waals surface area contributed by atoms with Gasteiger partial charge in [0, 0.05) is 37.3 Å². The van der Waals surface area contributed by atoms with Crippen LogP contribution in [0.1, 0.15) is 37.6 Å². The minimum Gasteiger partial charge on any atom is -0.491 e. The summed E-state index contributed by atoms with van der Waals surface area (Å²) in [7, 11) is 0. The van der Waals surface area contributed by atoms with Crippen LogP contribution in [0.4, 0.5) is 0 Å². The quantitative estimate of drug-likeness (QED) is 0.842. The number of carbonyl (C=O) groups is 1. The van der Waals surface area contributed by atoms with E-state index < -0.39 is 6.10 Å². The number of aromatic nitrogens is 2. The molecule has 0 spiro atoms. The van der Waals surface area contributed by atoms with Gasteiger partial charge in [-0.2, -0.15) is 0 Å². The number of hydrogen-bond acceptors (Lipinski definition) is 4. The molecule has 0 radical (unpaired) electrons. The van der Waals surface area contributed by atoms with Crippen LogP contribution in [-0.4, -0.2) is 33.2 Å². The molecule has 6 nitrogen and oxygen atoms in total. The Bertz CT molecular complexity index is 709. The van der Waals surface area contributed by atoms with E-state index in [1.807, 2.05) is 44.3 Å². The molecule has 134 valence electrons. The molecule has 0 saturated carbocycles. The van der Waals surface area contributed by atoms with E-state index in [1.165, 1.54) is 0 Å². The molecule has 2 aromatic rings. The number of ether oxygens (including phenoxy) is 1. The monoisotopic (exact) mass is 343 g/mol. The Balaban J connectivity index is 1.50. The zero-order chi connectivity index (χ0) is 17.8. The Hall–Kier alpha value is -2.34. The van der Waals surface area contributed by atoms with Gasteiger partial charge in [0.15, 0.2) is 0 Å². The number of rotatable bonds is 6. The van der Waals surface area contributed by atoms with Crippen molar-refractivity contribution in [2.24, 2.45) is 5.92 Å². The van der Waals surface area contributed by atoms with Crippen LogP contribution < -0.4 is 10.1 Å². The van der Waals surface area contributed by atoms with Gasteiger partial charge in [0.1, 0.15) is 5.75 Å². The molecule has 1 aromatic heterocycles. The zero-order valence-electron chi connectivity index (χ0n) is 14.7. The van der Waals surface area contributed by atoms with E-state index >= 15 is 0 Å². The number of benzene rings is 1. The van der Waals surface area contributed by atoms with Crippen LogP contribution in [0.25, 0.3) is 0 Å². The number of amides is 1. The number of aliphatic hydroxyl groups excluding tert-OH is 1. The van der Waals surface area contributed by atoms with Crippen molar-refractivity contribution in [2.75, 3.05) is 6.54 Å². The Labute approximate surface area is 147 Å². The van der Waals surface area contributed by atoms with Crippen LogP contribution in [0.3, 0.4) is 0 Å². The van der Waals surface area contributed by atoms with Crippen molar-refractivity contribution in [3.8, 4) is 5.75 Å². The van der Waals surface area contributed by atoms with Crippen molar-refractivity contribution in [3.05, 3.63) is 48.0 Å². The number of nitrogens with zero attached hydrogens (tertiary/aromatic N) is 2. The molecule has 0 bridgehead atoms. The van der Waals surface area contributed by atoms with Crippen molar-refractivity contribution < 1.29 is 14.6 Å². The number of nitrogens with one attached hydrogen (secondary N) is 1. The van der Waals surface area contributed by atoms with E-state index in [-0.39, 0.29) is 24.5 Å². The molecular weight excluding hydrogens is 318 g/mol. The summed E-state index contributed by atoms with van der Waals surface area (Å²) in [5, 5.41) is 13.2. The third-order valence-electron chi connectivity index (χ3n) is 4.45. The SMILES string of the molecule is CC(C)Oc1ccc(C(O)CNC(=O)C2CCn3cncc3C2)cc1. The highest BCUT2D eigenvalue weighted by atomic mass is 16.5. The lowest BCUT2D eigenvalue weighted by molar-refractivity contribution is -0.126. The molecule has 0 fully saturated rings. The molecule has 2 atom stereocenters. The summed E-state index contributed by atoms with van der Waals surface area (Å²) >= 11 is 0. The second-order valence-electron chi connectivity index (χ2n) is 6.76. The van der Waals surface area contributed by atoms with E-state index in [4.69, 9.17) is 4.74 Å². The topological polar surface area (TPSA) is 76.4 Å². The molecule has 1 aliphatic rings. The first kappa shape index (κ1) is 17.5. The summed E-state index contributed by atoms with van der Waals surface area (Å²) in [4.78, 5) is 16.5. The minimum absolute atomic E-state index is 0.00809. The third-order valence-corrected chi connectivity index (χ3v) is 4.45. The largest absolute Gasteiger partial charge is 0.491 e. The minimum atomic E-state index is -0.730. The van der Waals surface area contributed by atoms with Crippen molar-refractivity contribution in [2.45, 2.75) is 45.4 Å². The number of carbonyl (C=O) groups excluding carboxylic acids is 1. The van der Waals surface area contributed by atoms with Crippen molar-refractivity contribution in [3.63, 3.8) is 0 Å². The van der Waals surface area contributed by atoms with Crippen LogP contribution in [-0.2, 0) is 17.8 Å². The van der Waals surface area contributed by atoms with Gasteiger partial charge in [-0.3, -0.25) is 4.79 Å². The van der Waals surface area contributed by atoms with Crippen LogP contribution >= 0.6 is 0 Å². The molecule has 1 aliphatic heterocycles. The average molecular weight is 343 g/mol. The molecule has 0 saturated heterocycles. The fourth-order valence-electron chi connectivity index (χ4n) is 3.09. The smallest absolute Gasteiger partial charge is 0.223 e. The highest BCUT2D eigenvalue weighted by molar-refractivity contribution is 5.79. The summed E-state index contributed by atoms with van der Waals surface area (Å²) in [6.45, 7) is 4.96. The molecule has 25 heavy (non-hydrogen) atoms. The maximum Gasteiger partial charge on any atom is 0.223 e. The predicted molar refractivity (Wildman–Crippen MR) is 94.2 cm³/mol. The first-order valence-electron chi connectivity index (χ1n) is 8.74. The summed E-state index contributed by atoms with van der Waals surface area (Å²) < 4.78 is 7.67. The van der Waals surface area contributed by atoms with Gasteiger partial charge in [-0.1, -0.05) is 12.1 Å². The number of hydrogen-bond donors (Lipinski definition) is 2. The maximum absolute atomic E-state index is 12.4. The van der Waals surface area contributed by atoms with Gasteiger partial charge < -0.3 is 19.7 Å². The van der Waals surface area contributed by atoms with E-state index in [0.29, 0.717) is 6.42 Å². The first-order chi connectivity index (χ1) is 12.0. The summed E-state index contributed by atoms with van der Waals surface area (Å²) in [5.74, 6) is 0.707. The molecule has 6 heteroatoms. The summed E-state index contributed by atoms with van der Waals surface area (Å²) in [6.07, 6.45) is 4.50. The Morgan fingerprint density at radius 2 is 2.16 bits per heavy atom. The summed E-state index contributed by atoms with van der Waals surface area (Å²) in [6, 6.07) is 7.33. The molecule has 0 aliphatic carbocycles. The number of aryl methyl sites for hydroxylation is 1. The predicted octanol–water partition coefficient (Wildman–Crippen LogP) is 2.08. The van der Waals surface area contributed by atoms with Gasteiger partial charge in [-0.15, -0.1) is 0 Å². The Morgan fingerprint density at radius 3 is 2.88 bits per heavy atom. The van der Waals surface area contributed by atoms with Gasteiger partial charge in [0.25, 0.3) is 0 Å². The standard InChI is InChI=1S/C19H25N3O3/c1-13(2)25-17-5-3-14(4-6-17)18(23)11-21-19(24)15-7-8-22-12-20-10-16(22)9-15/h3-6,10,12-13,15,18,23H,7-9,11H2,1-2H3,(H,21,24). The number of imidazole rings is 1. The zero-order valence-corrected chi connectivity index (χ0v) is 14.7. The highest BCUT2D eigenvalue weighted by Gasteiger charge is 2.25. The Morgan fingerprint density at radius 1 is 1.40 bits per heavy atom. The van der Waals surface area contributed by atoms with Crippen molar-refractivity contribution >= 4 is 5.91 Å². The number of fused-ring (bicyclic) bond motifs is 1. The molecule has 1 aromatic carbocycles. The van der Waals surface area contributed by atoms with E-state index in [9.17, 15) is 9.90 Å². The highest BCUT2D eigenvalue weighted by Crippen LogP contribution is 2.21. The average Bonchev–Trinajstić information content (AvgIpc) is 3.07. The second kappa shape index (κ2) is 7.70. The normalized spacial score (nSPS) is 17.8. The van der Waals surface area contributed by atoms with Crippen LogP contribution in [0.5, 0.6) is 5.75 Å². The lowest BCUT2D eigenvalue weighted by Crippen LogP contribution is -2.37. The molecular formula is C19H25N3O3.